The summed E-state index contributed by atoms with van der Waals surface area (Å²) in [5.74, 6) is -1.40. The van der Waals surface area contributed by atoms with Crippen LogP contribution < -0.4 is 9.62 Å². The van der Waals surface area contributed by atoms with Crippen molar-refractivity contribution in [3.63, 3.8) is 0 Å². The molecule has 0 spiro atoms. The topological polar surface area (TPSA) is 75.7 Å². The molecule has 1 aliphatic rings. The van der Waals surface area contributed by atoms with Crippen molar-refractivity contribution in [2.24, 2.45) is 0 Å². The summed E-state index contributed by atoms with van der Waals surface area (Å²) in [4.78, 5) is 11.2. The smallest absolute Gasteiger partial charge is 0.322 e. The molecule has 2 rings (SSSR count). The van der Waals surface area contributed by atoms with E-state index in [4.69, 9.17) is 0 Å². The Hall–Kier alpha value is -1.76. The average molecular weight is 284 g/mol. The third-order valence-electron chi connectivity index (χ3n) is 2.89. The van der Waals surface area contributed by atoms with Crippen LogP contribution >= 0.6 is 0 Å². The molecule has 0 amide bonds. The van der Waals surface area contributed by atoms with Gasteiger partial charge in [-0.25, -0.2) is 8.42 Å². The molecule has 0 saturated carbocycles. The Bertz CT molecular complexity index is 571. The molecule has 0 saturated heterocycles. The van der Waals surface area contributed by atoms with Crippen LogP contribution in [-0.4, -0.2) is 40.3 Å². The van der Waals surface area contributed by atoms with Gasteiger partial charge < -0.3 is 10.1 Å². The van der Waals surface area contributed by atoms with E-state index in [1.165, 1.54) is 11.4 Å². The van der Waals surface area contributed by atoms with Gasteiger partial charge in [0.2, 0.25) is 10.0 Å². The lowest BCUT2D eigenvalue weighted by Gasteiger charge is -2.23. The highest BCUT2D eigenvalue weighted by Crippen LogP contribution is 2.30. The highest BCUT2D eigenvalue weighted by atomic mass is 32.2. The number of benzene rings is 1. The lowest BCUT2D eigenvalue weighted by atomic mass is 10.2. The van der Waals surface area contributed by atoms with Crippen LogP contribution in [-0.2, 0) is 19.6 Å². The monoisotopic (exact) mass is 284 g/mol. The lowest BCUT2D eigenvalue weighted by Crippen LogP contribution is -2.36. The van der Waals surface area contributed by atoms with E-state index in [2.05, 4.69) is 10.1 Å². The van der Waals surface area contributed by atoms with Gasteiger partial charge in [-0.05, 0) is 18.6 Å². The number of anilines is 2. The molecule has 0 fully saturated rings. The fourth-order valence-electron chi connectivity index (χ4n) is 1.98. The number of fused-ring (bicyclic) bond motifs is 1. The molecule has 0 aromatic heterocycles. The molecule has 0 radical (unpaired) electrons. The molecule has 1 aromatic carbocycles. The minimum absolute atomic E-state index is 0.351. The van der Waals surface area contributed by atoms with E-state index in [0.717, 1.165) is 5.69 Å². The Morgan fingerprint density at radius 1 is 1.42 bits per heavy atom. The number of hydrogen-bond acceptors (Lipinski definition) is 5. The second-order valence-electron chi connectivity index (χ2n) is 4.20. The molecule has 0 unspecified atom stereocenters. The van der Waals surface area contributed by atoms with Crippen molar-refractivity contribution in [2.45, 2.75) is 6.42 Å². The fraction of sp³-hybridized carbons (Fsp3) is 0.417. The zero-order valence-corrected chi connectivity index (χ0v) is 11.4. The molecule has 1 aromatic rings. The van der Waals surface area contributed by atoms with Crippen LogP contribution in [0.1, 0.15) is 6.42 Å². The van der Waals surface area contributed by atoms with Gasteiger partial charge in [0.1, 0.15) is 0 Å². The number of nitrogens with zero attached hydrogens (tertiary/aromatic N) is 1. The zero-order chi connectivity index (χ0) is 13.9. The van der Waals surface area contributed by atoms with Crippen molar-refractivity contribution < 1.29 is 17.9 Å². The maximum atomic E-state index is 12.3. The summed E-state index contributed by atoms with van der Waals surface area (Å²) in [5, 5.41) is 3.17. The number of rotatable bonds is 3. The van der Waals surface area contributed by atoms with E-state index >= 15 is 0 Å². The first-order valence-corrected chi connectivity index (χ1v) is 7.55. The first kappa shape index (κ1) is 13.7. The van der Waals surface area contributed by atoms with E-state index in [-0.39, 0.29) is 0 Å². The molecule has 0 bridgehead atoms. The summed E-state index contributed by atoms with van der Waals surface area (Å²) in [6, 6.07) is 7.15. The zero-order valence-electron chi connectivity index (χ0n) is 10.6. The van der Waals surface area contributed by atoms with Crippen LogP contribution in [0.2, 0.25) is 0 Å². The quantitative estimate of drug-likeness (QED) is 0.831. The Morgan fingerprint density at radius 3 is 2.89 bits per heavy atom. The van der Waals surface area contributed by atoms with Gasteiger partial charge in [0.05, 0.1) is 18.5 Å². The van der Waals surface area contributed by atoms with Crippen molar-refractivity contribution in [2.75, 3.05) is 35.6 Å². The lowest BCUT2D eigenvalue weighted by molar-refractivity contribution is -0.137. The third-order valence-corrected chi connectivity index (χ3v) is 4.54. The predicted molar refractivity (Wildman–Crippen MR) is 72.7 cm³/mol. The van der Waals surface area contributed by atoms with E-state index in [1.54, 1.807) is 12.1 Å². The fourth-order valence-corrected chi connectivity index (χ4v) is 3.42. The third kappa shape index (κ3) is 2.98. The van der Waals surface area contributed by atoms with Crippen molar-refractivity contribution >= 4 is 27.4 Å². The van der Waals surface area contributed by atoms with Gasteiger partial charge in [-0.15, -0.1) is 0 Å². The van der Waals surface area contributed by atoms with Gasteiger partial charge in [-0.3, -0.25) is 9.10 Å². The minimum atomic E-state index is -3.71. The number of methoxy groups -OCH3 is 1. The number of hydrogen-bond donors (Lipinski definition) is 1. The molecule has 7 heteroatoms. The SMILES string of the molecule is COC(=O)CS(=O)(=O)N1CCCNc2ccccc21. The summed E-state index contributed by atoms with van der Waals surface area (Å²) in [5.41, 5.74) is 1.33. The summed E-state index contributed by atoms with van der Waals surface area (Å²) < 4.78 is 30.2. The van der Waals surface area contributed by atoms with Gasteiger partial charge in [0, 0.05) is 13.1 Å². The number of sulfonamides is 1. The van der Waals surface area contributed by atoms with Gasteiger partial charge in [0.25, 0.3) is 0 Å². The maximum absolute atomic E-state index is 12.3. The number of para-hydroxylation sites is 2. The van der Waals surface area contributed by atoms with Crippen LogP contribution in [0.25, 0.3) is 0 Å². The maximum Gasteiger partial charge on any atom is 0.322 e. The van der Waals surface area contributed by atoms with Gasteiger partial charge in [0.15, 0.2) is 5.75 Å². The van der Waals surface area contributed by atoms with Crippen molar-refractivity contribution in [1.29, 1.82) is 0 Å². The summed E-state index contributed by atoms with van der Waals surface area (Å²) in [6.45, 7) is 1.05. The molecule has 104 valence electrons. The molecule has 0 aliphatic carbocycles. The van der Waals surface area contributed by atoms with Crippen LogP contribution in [0.15, 0.2) is 24.3 Å². The highest BCUT2D eigenvalue weighted by molar-refractivity contribution is 7.93. The Morgan fingerprint density at radius 2 is 2.16 bits per heavy atom. The van der Waals surface area contributed by atoms with Gasteiger partial charge in [-0.1, -0.05) is 12.1 Å². The number of carbonyl (C=O) groups is 1. The van der Waals surface area contributed by atoms with Crippen molar-refractivity contribution in [3.8, 4) is 0 Å². The number of esters is 1. The van der Waals surface area contributed by atoms with Crippen molar-refractivity contribution in [3.05, 3.63) is 24.3 Å². The molecule has 19 heavy (non-hydrogen) atoms. The molecule has 6 nitrogen and oxygen atoms in total. The first-order chi connectivity index (χ1) is 9.04. The molecular weight excluding hydrogens is 268 g/mol. The number of carbonyl (C=O) groups excluding carboxylic acids is 1. The van der Waals surface area contributed by atoms with E-state index in [1.807, 2.05) is 12.1 Å². The molecule has 1 aliphatic heterocycles. The van der Waals surface area contributed by atoms with E-state index in [9.17, 15) is 13.2 Å². The summed E-state index contributed by atoms with van der Waals surface area (Å²) in [7, 11) is -2.54. The Balaban J connectivity index is 2.36. The second kappa shape index (κ2) is 5.48. The molecule has 1 N–H and O–H groups in total. The Labute approximate surface area is 112 Å². The first-order valence-electron chi connectivity index (χ1n) is 5.95. The molecule has 1 heterocycles. The number of ether oxygens (including phenoxy) is 1. The van der Waals surface area contributed by atoms with Gasteiger partial charge in [-0.2, -0.15) is 0 Å². The minimum Gasteiger partial charge on any atom is -0.468 e. The van der Waals surface area contributed by atoms with Crippen LogP contribution in [0, 0.1) is 0 Å². The van der Waals surface area contributed by atoms with Gasteiger partial charge >= 0.3 is 5.97 Å². The van der Waals surface area contributed by atoms with Crippen LogP contribution in [0.5, 0.6) is 0 Å². The Kier molecular flexibility index (Phi) is 3.94. The standard InChI is InChI=1S/C12H16N2O4S/c1-18-12(15)9-19(16,17)14-8-4-7-13-10-5-2-3-6-11(10)14/h2-3,5-6,13H,4,7-9H2,1H3. The summed E-state index contributed by atoms with van der Waals surface area (Å²) in [6.07, 6.45) is 0.676. The van der Waals surface area contributed by atoms with E-state index in [0.29, 0.717) is 25.2 Å². The molecular formula is C12H16N2O4S. The molecule has 0 atom stereocenters. The average Bonchev–Trinajstić information content (AvgIpc) is 2.60. The second-order valence-corrected chi connectivity index (χ2v) is 6.10. The van der Waals surface area contributed by atoms with Crippen LogP contribution in [0.3, 0.4) is 0 Å². The van der Waals surface area contributed by atoms with Crippen molar-refractivity contribution in [1.82, 2.24) is 0 Å². The largest absolute Gasteiger partial charge is 0.468 e. The van der Waals surface area contributed by atoms with Crippen LogP contribution in [0.4, 0.5) is 11.4 Å². The summed E-state index contributed by atoms with van der Waals surface area (Å²) >= 11 is 0. The number of nitrogens with one attached hydrogen (secondary N) is 1. The van der Waals surface area contributed by atoms with E-state index < -0.39 is 21.7 Å². The normalized spacial score (nSPS) is 15.1. The predicted octanol–water partition coefficient (Wildman–Crippen LogP) is 0.811. The highest BCUT2D eigenvalue weighted by Gasteiger charge is 2.28.